The van der Waals surface area contributed by atoms with Crippen LogP contribution in [0.15, 0.2) is 158 Å². The third kappa shape index (κ3) is 4.47. The van der Waals surface area contributed by atoms with Crippen molar-refractivity contribution in [2.75, 3.05) is 0 Å². The van der Waals surface area contributed by atoms with Crippen LogP contribution in [0.25, 0.3) is 102 Å². The summed E-state index contributed by atoms with van der Waals surface area (Å²) in [5.74, 6) is 2.03. The number of hydrogen-bond acceptors (Lipinski definition) is 5. The molecular weight excluding hydrogens is 661 g/mol. The second-order valence-corrected chi connectivity index (χ2v) is 15.0. The van der Waals surface area contributed by atoms with Crippen LogP contribution in [0.1, 0.15) is 0 Å². The highest BCUT2D eigenvalue weighted by molar-refractivity contribution is 7.28. The average molecular weight is 687 g/mol. The molecule has 0 N–H and O–H groups in total. The van der Waals surface area contributed by atoms with Gasteiger partial charge in [-0.05, 0) is 42.5 Å². The molecule has 0 aliphatic carbocycles. The Morgan fingerprint density at radius 1 is 0.373 bits per heavy atom. The van der Waals surface area contributed by atoms with Gasteiger partial charge in [0.15, 0.2) is 17.5 Å². The number of thiophene rings is 2. The van der Waals surface area contributed by atoms with Gasteiger partial charge in [0, 0.05) is 73.5 Å². The zero-order chi connectivity index (χ0) is 33.5. The molecule has 0 aliphatic heterocycles. The number of aromatic nitrogens is 4. The molecule has 0 saturated heterocycles. The Balaban J connectivity index is 1.08. The molecule has 0 radical (unpaired) electrons. The van der Waals surface area contributed by atoms with E-state index in [1.807, 2.05) is 59.1 Å². The molecule has 7 aromatic carbocycles. The molecule has 4 nitrogen and oxygen atoms in total. The predicted octanol–water partition coefficient (Wildman–Crippen LogP) is 12.7. The Morgan fingerprint density at radius 3 is 1.61 bits per heavy atom. The van der Waals surface area contributed by atoms with E-state index >= 15 is 0 Å². The van der Waals surface area contributed by atoms with Crippen LogP contribution in [0.5, 0.6) is 0 Å². The van der Waals surface area contributed by atoms with Crippen LogP contribution < -0.4 is 0 Å². The Hall–Kier alpha value is -6.21. The van der Waals surface area contributed by atoms with Crippen molar-refractivity contribution in [1.82, 2.24) is 19.5 Å². The SMILES string of the molecule is c1ccc(-c2nc(-c3ccccc3)nc(-c3cccc4c3sc3cc5sc6cc(-n7c8ccccc8c8ccccc87)ccc6c5cc34)n2)cc1. The first-order valence-corrected chi connectivity index (χ1v) is 18.6. The first-order chi connectivity index (χ1) is 25.3. The Kier molecular flexibility index (Phi) is 6.26. The van der Waals surface area contributed by atoms with Crippen molar-refractivity contribution in [3.05, 3.63) is 158 Å². The van der Waals surface area contributed by atoms with Gasteiger partial charge in [-0.15, -0.1) is 22.7 Å². The lowest BCUT2D eigenvalue weighted by molar-refractivity contribution is 1.08. The zero-order valence-electron chi connectivity index (χ0n) is 27.1. The quantitative estimate of drug-likeness (QED) is 0.185. The third-order valence-corrected chi connectivity index (χ3v) is 12.2. The molecule has 0 fully saturated rings. The van der Waals surface area contributed by atoms with E-state index < -0.39 is 0 Å². The van der Waals surface area contributed by atoms with E-state index in [4.69, 9.17) is 15.0 Å². The highest BCUT2D eigenvalue weighted by Gasteiger charge is 2.19. The molecule has 0 bridgehead atoms. The molecule has 11 rings (SSSR count). The van der Waals surface area contributed by atoms with E-state index in [2.05, 4.69) is 126 Å². The standard InChI is InChI=1S/C45H26N4S2/c1-3-12-27(13-4-1)43-46-44(28-14-5-2-6-15-28)48-45(47-43)34-19-11-18-33-36-25-35-32-23-22-29(24-39(32)50-40(35)26-41(36)51-42(33)34)49-37-20-9-7-16-30(37)31-17-8-10-21-38(31)49/h1-26H. The number of fused-ring (bicyclic) bond motifs is 9. The summed E-state index contributed by atoms with van der Waals surface area (Å²) in [6.07, 6.45) is 0. The topological polar surface area (TPSA) is 43.6 Å². The fourth-order valence-electron chi connectivity index (χ4n) is 7.50. The van der Waals surface area contributed by atoms with Gasteiger partial charge in [-0.3, -0.25) is 0 Å². The van der Waals surface area contributed by atoms with E-state index in [1.54, 1.807) is 0 Å². The highest BCUT2D eigenvalue weighted by Crippen LogP contribution is 2.45. The molecule has 0 aliphatic rings. The number of nitrogens with zero attached hydrogens (tertiary/aromatic N) is 4. The van der Waals surface area contributed by atoms with Gasteiger partial charge in [0.2, 0.25) is 0 Å². The fourth-order valence-corrected chi connectivity index (χ4v) is 9.97. The molecule has 238 valence electrons. The molecule has 0 amide bonds. The molecule has 0 unspecified atom stereocenters. The first-order valence-electron chi connectivity index (χ1n) is 16.9. The van der Waals surface area contributed by atoms with Gasteiger partial charge >= 0.3 is 0 Å². The van der Waals surface area contributed by atoms with Gasteiger partial charge in [-0.25, -0.2) is 15.0 Å². The van der Waals surface area contributed by atoms with E-state index in [-0.39, 0.29) is 0 Å². The maximum Gasteiger partial charge on any atom is 0.165 e. The van der Waals surface area contributed by atoms with E-state index in [0.717, 1.165) is 16.7 Å². The van der Waals surface area contributed by atoms with E-state index in [1.165, 1.54) is 67.8 Å². The van der Waals surface area contributed by atoms with Crippen LogP contribution >= 0.6 is 22.7 Å². The van der Waals surface area contributed by atoms with Crippen molar-refractivity contribution in [3.8, 4) is 39.9 Å². The predicted molar refractivity (Wildman–Crippen MR) is 216 cm³/mol. The third-order valence-electron chi connectivity index (χ3n) is 9.85. The summed E-state index contributed by atoms with van der Waals surface area (Å²) in [7, 11) is 0. The molecule has 0 atom stereocenters. The molecule has 4 aromatic heterocycles. The normalized spacial score (nSPS) is 11.9. The smallest absolute Gasteiger partial charge is 0.165 e. The van der Waals surface area contributed by atoms with Gasteiger partial charge in [-0.2, -0.15) is 0 Å². The van der Waals surface area contributed by atoms with Crippen LogP contribution in [0.3, 0.4) is 0 Å². The Bertz CT molecular complexity index is 3030. The summed E-state index contributed by atoms with van der Waals surface area (Å²) >= 11 is 3.69. The van der Waals surface area contributed by atoms with Crippen LogP contribution in [-0.2, 0) is 0 Å². The number of para-hydroxylation sites is 2. The Morgan fingerprint density at radius 2 is 0.922 bits per heavy atom. The summed E-state index contributed by atoms with van der Waals surface area (Å²) in [6, 6.07) is 55.9. The lowest BCUT2D eigenvalue weighted by Crippen LogP contribution is -2.00. The van der Waals surface area contributed by atoms with Gasteiger partial charge < -0.3 is 4.57 Å². The maximum absolute atomic E-state index is 5.06. The molecule has 4 heterocycles. The van der Waals surface area contributed by atoms with Crippen LogP contribution in [0.2, 0.25) is 0 Å². The van der Waals surface area contributed by atoms with Gasteiger partial charge in [0.05, 0.1) is 11.0 Å². The fraction of sp³-hybridized carbons (Fsp3) is 0. The minimum Gasteiger partial charge on any atom is -0.309 e. The molecule has 0 spiro atoms. The van der Waals surface area contributed by atoms with Crippen LogP contribution in [0, 0.1) is 0 Å². The van der Waals surface area contributed by atoms with Crippen molar-refractivity contribution in [1.29, 1.82) is 0 Å². The monoisotopic (exact) mass is 686 g/mol. The molecule has 0 saturated carbocycles. The van der Waals surface area contributed by atoms with Gasteiger partial charge in [-0.1, -0.05) is 115 Å². The lowest BCUT2D eigenvalue weighted by Gasteiger charge is -2.09. The van der Waals surface area contributed by atoms with E-state index in [9.17, 15) is 0 Å². The van der Waals surface area contributed by atoms with Crippen molar-refractivity contribution in [2.24, 2.45) is 0 Å². The van der Waals surface area contributed by atoms with E-state index in [0.29, 0.717) is 17.5 Å². The summed E-state index contributed by atoms with van der Waals surface area (Å²) < 4.78 is 7.43. The zero-order valence-corrected chi connectivity index (χ0v) is 28.7. The first kappa shape index (κ1) is 28.6. The molecular formula is C45H26N4S2. The minimum absolute atomic E-state index is 0.671. The average Bonchev–Trinajstić information content (AvgIpc) is 3.86. The second-order valence-electron chi connectivity index (χ2n) is 12.8. The maximum atomic E-state index is 5.06. The number of benzene rings is 7. The summed E-state index contributed by atoms with van der Waals surface area (Å²) in [5.41, 5.74) is 6.60. The molecule has 51 heavy (non-hydrogen) atoms. The van der Waals surface area contributed by atoms with Crippen molar-refractivity contribution in [3.63, 3.8) is 0 Å². The summed E-state index contributed by atoms with van der Waals surface area (Å²) in [5, 5.41) is 7.62. The van der Waals surface area contributed by atoms with Crippen LogP contribution in [-0.4, -0.2) is 19.5 Å². The second kappa shape index (κ2) is 11.2. The number of rotatable bonds is 4. The van der Waals surface area contributed by atoms with Crippen LogP contribution in [0.4, 0.5) is 0 Å². The molecule has 11 aromatic rings. The van der Waals surface area contributed by atoms with Gasteiger partial charge in [0.1, 0.15) is 0 Å². The van der Waals surface area contributed by atoms with Crippen molar-refractivity contribution < 1.29 is 0 Å². The summed E-state index contributed by atoms with van der Waals surface area (Å²) in [4.78, 5) is 15.0. The van der Waals surface area contributed by atoms with Crippen molar-refractivity contribution >= 4 is 84.8 Å². The highest BCUT2D eigenvalue weighted by atomic mass is 32.1. The summed E-state index contributed by atoms with van der Waals surface area (Å²) in [6.45, 7) is 0. The largest absolute Gasteiger partial charge is 0.309 e. The minimum atomic E-state index is 0.671. The number of hydrogen-bond donors (Lipinski definition) is 0. The van der Waals surface area contributed by atoms with Crippen molar-refractivity contribution in [2.45, 2.75) is 0 Å². The molecule has 6 heteroatoms. The Labute approximate surface area is 300 Å². The van der Waals surface area contributed by atoms with Gasteiger partial charge in [0.25, 0.3) is 0 Å². The lowest BCUT2D eigenvalue weighted by atomic mass is 10.1.